The second-order valence-corrected chi connectivity index (χ2v) is 5.84. The summed E-state index contributed by atoms with van der Waals surface area (Å²) in [5, 5.41) is 0. The summed E-state index contributed by atoms with van der Waals surface area (Å²) in [6.07, 6.45) is 3.57. The number of benzene rings is 1. The molecule has 0 saturated carbocycles. The number of nitrogens with zero attached hydrogens (tertiary/aromatic N) is 3. The van der Waals surface area contributed by atoms with Gasteiger partial charge in [0.05, 0.1) is 0 Å². The standard InChI is InChI=1S/C18H22N3/c1-15(2)20-10-12-21(13-11-20)18-7-5-16(6-8-18)17-4-3-9-19-14-17/h4-9,14-15H,10-13H2,1-2H3. The van der Waals surface area contributed by atoms with Crippen LogP contribution in [0, 0.1) is 6.07 Å². The van der Waals surface area contributed by atoms with Crippen molar-refractivity contribution in [1.29, 1.82) is 0 Å². The lowest BCUT2D eigenvalue weighted by Crippen LogP contribution is -2.48. The average Bonchev–Trinajstić information content (AvgIpc) is 2.56. The lowest BCUT2D eigenvalue weighted by Gasteiger charge is -2.38. The summed E-state index contributed by atoms with van der Waals surface area (Å²) in [6.45, 7) is 9.06. The molecule has 0 spiro atoms. The fraction of sp³-hybridized carbons (Fsp3) is 0.389. The van der Waals surface area contributed by atoms with E-state index in [4.69, 9.17) is 0 Å². The molecule has 0 unspecified atom stereocenters. The van der Waals surface area contributed by atoms with Gasteiger partial charge in [0.2, 0.25) is 0 Å². The minimum atomic E-state index is 0.649. The number of aromatic nitrogens is 1. The van der Waals surface area contributed by atoms with Crippen LogP contribution in [0.15, 0.2) is 42.7 Å². The molecule has 1 aromatic heterocycles. The number of piperazine rings is 1. The summed E-state index contributed by atoms with van der Waals surface area (Å²) in [4.78, 5) is 9.13. The van der Waals surface area contributed by atoms with E-state index in [2.05, 4.69) is 59.0 Å². The molecule has 0 bridgehead atoms. The molecule has 2 heterocycles. The number of pyridine rings is 1. The van der Waals surface area contributed by atoms with Crippen molar-refractivity contribution in [2.75, 3.05) is 31.1 Å². The van der Waals surface area contributed by atoms with E-state index in [0.29, 0.717) is 6.04 Å². The first-order valence-corrected chi connectivity index (χ1v) is 7.64. The normalized spacial score (nSPS) is 16.4. The van der Waals surface area contributed by atoms with Gasteiger partial charge in [0, 0.05) is 61.9 Å². The molecule has 0 N–H and O–H groups in total. The Morgan fingerprint density at radius 2 is 1.71 bits per heavy atom. The van der Waals surface area contributed by atoms with Gasteiger partial charge >= 0.3 is 0 Å². The first-order chi connectivity index (χ1) is 10.2. The molecule has 3 nitrogen and oxygen atoms in total. The van der Waals surface area contributed by atoms with Crippen LogP contribution in [-0.4, -0.2) is 42.1 Å². The molecule has 109 valence electrons. The molecule has 1 aliphatic heterocycles. The first-order valence-electron chi connectivity index (χ1n) is 7.64. The van der Waals surface area contributed by atoms with Crippen LogP contribution in [0.3, 0.4) is 0 Å². The summed E-state index contributed by atoms with van der Waals surface area (Å²) in [7, 11) is 0. The Bertz CT molecular complexity index is 555. The molecule has 3 heteroatoms. The van der Waals surface area contributed by atoms with Crippen molar-refractivity contribution >= 4 is 5.69 Å². The summed E-state index contributed by atoms with van der Waals surface area (Å²) in [5.74, 6) is 0. The van der Waals surface area contributed by atoms with Crippen molar-refractivity contribution in [3.8, 4) is 11.1 Å². The molecule has 3 rings (SSSR count). The zero-order valence-corrected chi connectivity index (χ0v) is 12.8. The molecule has 1 radical (unpaired) electrons. The highest BCUT2D eigenvalue weighted by atomic mass is 15.3. The highest BCUT2D eigenvalue weighted by Gasteiger charge is 2.18. The molecule has 1 saturated heterocycles. The van der Waals surface area contributed by atoms with Crippen LogP contribution in [0.5, 0.6) is 0 Å². The Morgan fingerprint density at radius 3 is 2.29 bits per heavy atom. The molecule has 2 aromatic rings. The summed E-state index contributed by atoms with van der Waals surface area (Å²) in [6, 6.07) is 14.4. The van der Waals surface area contributed by atoms with E-state index in [1.165, 1.54) is 11.3 Å². The molecule has 1 aliphatic rings. The second kappa shape index (κ2) is 6.27. The lowest BCUT2D eigenvalue weighted by molar-refractivity contribution is 0.209. The summed E-state index contributed by atoms with van der Waals surface area (Å²) in [5.41, 5.74) is 3.63. The molecule has 0 amide bonds. The van der Waals surface area contributed by atoms with Crippen LogP contribution in [-0.2, 0) is 0 Å². The van der Waals surface area contributed by atoms with Crippen molar-refractivity contribution in [1.82, 2.24) is 9.88 Å². The highest BCUT2D eigenvalue weighted by molar-refractivity contribution is 5.65. The molecule has 1 aromatic carbocycles. The van der Waals surface area contributed by atoms with Gasteiger partial charge in [-0.2, -0.15) is 0 Å². The van der Waals surface area contributed by atoms with Crippen LogP contribution < -0.4 is 4.90 Å². The fourth-order valence-electron chi connectivity index (χ4n) is 2.84. The Morgan fingerprint density at radius 1 is 1.00 bits per heavy atom. The van der Waals surface area contributed by atoms with Crippen LogP contribution in [0.4, 0.5) is 5.69 Å². The highest BCUT2D eigenvalue weighted by Crippen LogP contribution is 2.23. The zero-order chi connectivity index (χ0) is 14.7. The van der Waals surface area contributed by atoms with Crippen LogP contribution in [0.2, 0.25) is 0 Å². The Kier molecular flexibility index (Phi) is 4.20. The first kappa shape index (κ1) is 14.1. The number of rotatable bonds is 3. The van der Waals surface area contributed by atoms with E-state index in [1.807, 2.05) is 12.3 Å². The van der Waals surface area contributed by atoms with Gasteiger partial charge in [-0.25, -0.2) is 0 Å². The van der Waals surface area contributed by atoms with Gasteiger partial charge in [-0.3, -0.25) is 9.88 Å². The van der Waals surface area contributed by atoms with Gasteiger partial charge in [-0.15, -0.1) is 0 Å². The quantitative estimate of drug-likeness (QED) is 0.861. The lowest BCUT2D eigenvalue weighted by atomic mass is 10.1. The fourth-order valence-corrected chi connectivity index (χ4v) is 2.84. The Hall–Kier alpha value is -1.87. The maximum absolute atomic E-state index is 4.13. The number of anilines is 1. The van der Waals surface area contributed by atoms with Gasteiger partial charge in [0.15, 0.2) is 0 Å². The van der Waals surface area contributed by atoms with E-state index in [-0.39, 0.29) is 0 Å². The van der Waals surface area contributed by atoms with E-state index in [0.717, 1.165) is 31.7 Å². The average molecular weight is 280 g/mol. The van der Waals surface area contributed by atoms with Gasteiger partial charge in [-0.05, 0) is 37.6 Å². The molecular weight excluding hydrogens is 258 g/mol. The van der Waals surface area contributed by atoms with Crippen molar-refractivity contribution in [2.45, 2.75) is 19.9 Å². The molecular formula is C18H22N3. The van der Waals surface area contributed by atoms with Crippen molar-refractivity contribution < 1.29 is 0 Å². The predicted octanol–water partition coefficient (Wildman–Crippen LogP) is 3.08. The van der Waals surface area contributed by atoms with Gasteiger partial charge < -0.3 is 4.90 Å². The van der Waals surface area contributed by atoms with E-state index < -0.39 is 0 Å². The summed E-state index contributed by atoms with van der Waals surface area (Å²) >= 11 is 0. The third-order valence-corrected chi connectivity index (χ3v) is 4.21. The molecule has 0 atom stereocenters. The number of hydrogen-bond donors (Lipinski definition) is 0. The van der Waals surface area contributed by atoms with Gasteiger partial charge in [-0.1, -0.05) is 12.1 Å². The third kappa shape index (κ3) is 3.24. The predicted molar refractivity (Wildman–Crippen MR) is 87.4 cm³/mol. The largest absolute Gasteiger partial charge is 0.369 e. The van der Waals surface area contributed by atoms with E-state index >= 15 is 0 Å². The Labute approximate surface area is 127 Å². The van der Waals surface area contributed by atoms with Gasteiger partial charge in [0.25, 0.3) is 0 Å². The SMILES string of the molecule is CC(C)N1CCN(c2ccc(-c3c[c]cnc3)cc2)CC1. The van der Waals surface area contributed by atoms with E-state index in [9.17, 15) is 0 Å². The zero-order valence-electron chi connectivity index (χ0n) is 12.8. The second-order valence-electron chi connectivity index (χ2n) is 5.84. The molecule has 1 fully saturated rings. The Balaban J connectivity index is 1.68. The number of hydrogen-bond acceptors (Lipinski definition) is 3. The van der Waals surface area contributed by atoms with Crippen molar-refractivity contribution in [3.63, 3.8) is 0 Å². The van der Waals surface area contributed by atoms with Crippen LogP contribution >= 0.6 is 0 Å². The topological polar surface area (TPSA) is 19.4 Å². The van der Waals surface area contributed by atoms with Crippen molar-refractivity contribution in [3.05, 3.63) is 48.8 Å². The molecule has 21 heavy (non-hydrogen) atoms. The minimum Gasteiger partial charge on any atom is -0.369 e. The maximum Gasteiger partial charge on any atom is 0.0367 e. The molecule has 0 aliphatic carbocycles. The van der Waals surface area contributed by atoms with E-state index in [1.54, 1.807) is 6.20 Å². The summed E-state index contributed by atoms with van der Waals surface area (Å²) < 4.78 is 0. The van der Waals surface area contributed by atoms with Crippen LogP contribution in [0.1, 0.15) is 13.8 Å². The minimum absolute atomic E-state index is 0.649. The third-order valence-electron chi connectivity index (χ3n) is 4.21. The van der Waals surface area contributed by atoms with Crippen molar-refractivity contribution in [2.24, 2.45) is 0 Å². The smallest absolute Gasteiger partial charge is 0.0367 e. The monoisotopic (exact) mass is 280 g/mol. The van der Waals surface area contributed by atoms with Gasteiger partial charge in [0.1, 0.15) is 0 Å². The maximum atomic E-state index is 4.13. The van der Waals surface area contributed by atoms with Crippen LogP contribution in [0.25, 0.3) is 11.1 Å².